The maximum Gasteiger partial charge on any atom is 0.508 e. The van der Waals surface area contributed by atoms with E-state index in [1.807, 2.05) is 44.2 Å². The standard InChI is InChI=1S/C30H46O8/c1-10-24(38-29(35)36-17-23-14-12-11-13-15-23)30(8,9)27(33)26(32)21(6)20(5)22(7)37-28(34)25(31)19(4)16-18(2)3/h11-15,18-19,22,24-26,31-32H,10,16-17H2,1-9H3/b21-20+/t19-,22?,24-,25?,26+/m0/s1. The molecule has 8 nitrogen and oxygen atoms in total. The topological polar surface area (TPSA) is 119 Å². The Hall–Kier alpha value is -2.71. The second kappa shape index (κ2) is 15.0. The molecule has 1 aromatic rings. The summed E-state index contributed by atoms with van der Waals surface area (Å²) in [6, 6.07) is 9.15. The van der Waals surface area contributed by atoms with E-state index < -0.39 is 47.7 Å². The summed E-state index contributed by atoms with van der Waals surface area (Å²) in [4.78, 5) is 38.1. The molecule has 2 unspecified atom stereocenters. The van der Waals surface area contributed by atoms with E-state index in [1.54, 1.807) is 48.5 Å². The molecule has 0 aromatic heterocycles. The number of rotatable bonds is 14. The van der Waals surface area contributed by atoms with Crippen LogP contribution in [0.5, 0.6) is 0 Å². The molecule has 0 aliphatic carbocycles. The Morgan fingerprint density at radius 2 is 1.50 bits per heavy atom. The number of esters is 1. The van der Waals surface area contributed by atoms with E-state index in [1.165, 1.54) is 0 Å². The minimum atomic E-state index is -1.51. The average molecular weight is 535 g/mol. The van der Waals surface area contributed by atoms with Crippen molar-refractivity contribution >= 4 is 17.9 Å². The molecule has 214 valence electrons. The van der Waals surface area contributed by atoms with Gasteiger partial charge in [-0.05, 0) is 76.0 Å². The van der Waals surface area contributed by atoms with Gasteiger partial charge in [0.1, 0.15) is 24.9 Å². The van der Waals surface area contributed by atoms with Crippen LogP contribution in [0.2, 0.25) is 0 Å². The Kier molecular flexibility index (Phi) is 13.2. The zero-order valence-electron chi connectivity index (χ0n) is 24.3. The van der Waals surface area contributed by atoms with Crippen LogP contribution in [0, 0.1) is 17.3 Å². The minimum Gasteiger partial charge on any atom is -0.456 e. The van der Waals surface area contributed by atoms with E-state index in [0.717, 1.165) is 5.56 Å². The summed E-state index contributed by atoms with van der Waals surface area (Å²) in [7, 11) is 0. The normalized spacial score (nSPS) is 16.5. The maximum absolute atomic E-state index is 13.4. The summed E-state index contributed by atoms with van der Waals surface area (Å²) in [5.74, 6) is -1.23. The molecule has 0 bridgehead atoms. The number of aliphatic hydroxyl groups excluding tert-OH is 2. The van der Waals surface area contributed by atoms with Crippen LogP contribution in [0.15, 0.2) is 41.5 Å². The molecular formula is C30H46O8. The van der Waals surface area contributed by atoms with E-state index in [9.17, 15) is 24.6 Å². The molecule has 38 heavy (non-hydrogen) atoms. The number of carbonyl (C=O) groups is 3. The van der Waals surface area contributed by atoms with E-state index in [4.69, 9.17) is 14.2 Å². The maximum atomic E-state index is 13.4. The molecule has 0 amide bonds. The van der Waals surface area contributed by atoms with Crippen molar-refractivity contribution in [3.63, 3.8) is 0 Å². The van der Waals surface area contributed by atoms with Gasteiger partial charge in [0.25, 0.3) is 0 Å². The van der Waals surface area contributed by atoms with Crippen molar-refractivity contribution < 1.29 is 38.8 Å². The predicted molar refractivity (Wildman–Crippen MR) is 145 cm³/mol. The monoisotopic (exact) mass is 534 g/mol. The van der Waals surface area contributed by atoms with Crippen LogP contribution in [0.1, 0.15) is 80.7 Å². The average Bonchev–Trinajstić information content (AvgIpc) is 2.88. The Morgan fingerprint density at radius 3 is 2.03 bits per heavy atom. The summed E-state index contributed by atoms with van der Waals surface area (Å²) in [5.41, 5.74) is 0.393. The number of ether oxygens (including phenoxy) is 3. The number of hydrogen-bond acceptors (Lipinski definition) is 8. The van der Waals surface area contributed by atoms with Gasteiger partial charge in [-0.3, -0.25) is 4.79 Å². The zero-order valence-corrected chi connectivity index (χ0v) is 24.3. The summed E-state index contributed by atoms with van der Waals surface area (Å²) in [5, 5.41) is 21.3. The van der Waals surface area contributed by atoms with Gasteiger partial charge in [0.15, 0.2) is 11.9 Å². The largest absolute Gasteiger partial charge is 0.508 e. The van der Waals surface area contributed by atoms with Crippen molar-refractivity contribution in [1.82, 2.24) is 0 Å². The van der Waals surface area contributed by atoms with E-state index in [2.05, 4.69) is 0 Å². The highest BCUT2D eigenvalue weighted by molar-refractivity contribution is 5.91. The van der Waals surface area contributed by atoms with Gasteiger partial charge in [-0.15, -0.1) is 0 Å². The van der Waals surface area contributed by atoms with E-state index in [0.29, 0.717) is 29.9 Å². The first-order valence-electron chi connectivity index (χ1n) is 13.3. The fourth-order valence-electron chi connectivity index (χ4n) is 4.29. The first kappa shape index (κ1) is 33.3. The molecule has 0 heterocycles. The first-order chi connectivity index (χ1) is 17.6. The zero-order chi connectivity index (χ0) is 29.2. The lowest BCUT2D eigenvalue weighted by Crippen LogP contribution is -2.45. The van der Waals surface area contributed by atoms with Crippen LogP contribution in [-0.2, 0) is 30.4 Å². The molecule has 1 aromatic carbocycles. The molecule has 0 saturated heterocycles. The molecule has 5 atom stereocenters. The Bertz CT molecular complexity index is 950. The second-order valence-corrected chi connectivity index (χ2v) is 11.0. The first-order valence-corrected chi connectivity index (χ1v) is 13.3. The SMILES string of the molecule is CC[C@H](OC(=O)OCc1ccccc1)C(C)(C)C(=O)[C@H](O)/C(C)=C(\C)C(C)OC(=O)C(O)[C@@H](C)CC(C)C. The highest BCUT2D eigenvalue weighted by Crippen LogP contribution is 2.31. The van der Waals surface area contributed by atoms with Crippen molar-refractivity contribution in [2.75, 3.05) is 0 Å². The number of aliphatic hydroxyl groups is 2. The summed E-state index contributed by atoms with van der Waals surface area (Å²) in [6.07, 6.45) is -4.27. The molecule has 0 saturated carbocycles. The van der Waals surface area contributed by atoms with Crippen molar-refractivity contribution in [3.8, 4) is 0 Å². The lowest BCUT2D eigenvalue weighted by atomic mass is 9.77. The predicted octanol–water partition coefficient (Wildman–Crippen LogP) is 5.39. The molecule has 0 spiro atoms. The third-order valence-electron chi connectivity index (χ3n) is 7.06. The minimum absolute atomic E-state index is 0.0374. The number of ketones is 1. The Balaban J connectivity index is 2.88. The van der Waals surface area contributed by atoms with E-state index in [-0.39, 0.29) is 12.5 Å². The number of hydrogen-bond donors (Lipinski definition) is 2. The van der Waals surface area contributed by atoms with Crippen LogP contribution >= 0.6 is 0 Å². The van der Waals surface area contributed by atoms with Crippen LogP contribution in [0.3, 0.4) is 0 Å². The van der Waals surface area contributed by atoms with Gasteiger partial charge in [0.05, 0.1) is 5.41 Å². The van der Waals surface area contributed by atoms with Crippen LogP contribution in [0.25, 0.3) is 0 Å². The Labute approximate surface area is 227 Å². The molecule has 1 rings (SSSR count). The number of benzene rings is 1. The fraction of sp³-hybridized carbons (Fsp3) is 0.633. The molecule has 2 N–H and O–H groups in total. The van der Waals surface area contributed by atoms with Gasteiger partial charge < -0.3 is 24.4 Å². The van der Waals surface area contributed by atoms with Gasteiger partial charge in [-0.1, -0.05) is 58.0 Å². The van der Waals surface area contributed by atoms with Crippen LogP contribution < -0.4 is 0 Å². The van der Waals surface area contributed by atoms with Gasteiger partial charge >= 0.3 is 12.1 Å². The van der Waals surface area contributed by atoms with Gasteiger partial charge in [-0.2, -0.15) is 0 Å². The highest BCUT2D eigenvalue weighted by Gasteiger charge is 2.42. The summed E-state index contributed by atoms with van der Waals surface area (Å²) >= 11 is 0. The van der Waals surface area contributed by atoms with Crippen LogP contribution in [-0.4, -0.2) is 52.5 Å². The lowest BCUT2D eigenvalue weighted by molar-refractivity contribution is -0.159. The quantitative estimate of drug-likeness (QED) is 0.241. The van der Waals surface area contributed by atoms with Gasteiger partial charge in [0, 0.05) is 0 Å². The summed E-state index contributed by atoms with van der Waals surface area (Å²) < 4.78 is 16.1. The van der Waals surface area contributed by atoms with Gasteiger partial charge in [-0.25, -0.2) is 9.59 Å². The van der Waals surface area contributed by atoms with Crippen LogP contribution in [0.4, 0.5) is 4.79 Å². The number of Topliss-reactive ketones (excluding diaryl/α,β-unsaturated/α-hetero) is 1. The second-order valence-electron chi connectivity index (χ2n) is 11.0. The molecule has 0 aliphatic rings. The molecule has 8 heteroatoms. The fourth-order valence-corrected chi connectivity index (χ4v) is 4.29. The third kappa shape index (κ3) is 9.55. The Morgan fingerprint density at radius 1 is 0.921 bits per heavy atom. The molecular weight excluding hydrogens is 488 g/mol. The van der Waals surface area contributed by atoms with Crippen molar-refractivity contribution in [3.05, 3.63) is 47.0 Å². The van der Waals surface area contributed by atoms with Crippen molar-refractivity contribution in [2.24, 2.45) is 17.3 Å². The van der Waals surface area contributed by atoms with Crippen molar-refractivity contribution in [1.29, 1.82) is 0 Å². The highest BCUT2D eigenvalue weighted by atomic mass is 16.7. The molecule has 0 aliphatic heterocycles. The molecule has 0 fully saturated rings. The summed E-state index contributed by atoms with van der Waals surface area (Å²) in [6.45, 7) is 15.7. The van der Waals surface area contributed by atoms with Crippen molar-refractivity contribution in [2.45, 2.75) is 106 Å². The smallest absolute Gasteiger partial charge is 0.456 e. The number of carbonyl (C=O) groups excluding carboxylic acids is 3. The van der Waals surface area contributed by atoms with Gasteiger partial charge in [0.2, 0.25) is 0 Å². The third-order valence-corrected chi connectivity index (χ3v) is 7.06. The lowest BCUT2D eigenvalue weighted by Gasteiger charge is -2.33. The van der Waals surface area contributed by atoms with E-state index >= 15 is 0 Å². The molecule has 0 radical (unpaired) electrons.